The lowest BCUT2D eigenvalue weighted by atomic mass is 9.90. The maximum absolute atomic E-state index is 13.3. The Morgan fingerprint density at radius 2 is 2.00 bits per heavy atom. The maximum atomic E-state index is 13.3. The molecule has 6 heteroatoms. The summed E-state index contributed by atoms with van der Waals surface area (Å²) in [6.07, 6.45) is 2.53. The van der Waals surface area contributed by atoms with Gasteiger partial charge in [0.25, 0.3) is 0 Å². The van der Waals surface area contributed by atoms with E-state index in [-0.39, 0.29) is 24.9 Å². The minimum absolute atomic E-state index is 0.0375. The monoisotopic (exact) mass is 347 g/mol. The van der Waals surface area contributed by atoms with Crippen molar-refractivity contribution in [3.63, 3.8) is 0 Å². The summed E-state index contributed by atoms with van der Waals surface area (Å²) >= 11 is 0. The average Bonchev–Trinajstić information content (AvgIpc) is 2.83. The molecular formula is C18H31F2NO3. The van der Waals surface area contributed by atoms with Crippen LogP contribution in [0.5, 0.6) is 0 Å². The van der Waals surface area contributed by atoms with Gasteiger partial charge in [0.2, 0.25) is 5.92 Å². The molecule has 1 aliphatic heterocycles. The van der Waals surface area contributed by atoms with Crippen LogP contribution < -0.4 is 0 Å². The van der Waals surface area contributed by atoms with Crippen molar-refractivity contribution in [1.29, 1.82) is 0 Å². The van der Waals surface area contributed by atoms with E-state index < -0.39 is 17.1 Å². The Balaban J connectivity index is 1.92. The molecule has 0 spiro atoms. The highest BCUT2D eigenvalue weighted by Crippen LogP contribution is 2.40. The lowest BCUT2D eigenvalue weighted by Crippen LogP contribution is -2.52. The van der Waals surface area contributed by atoms with Gasteiger partial charge >= 0.3 is 6.09 Å². The fraction of sp³-hybridized carbons (Fsp3) is 0.944. The summed E-state index contributed by atoms with van der Waals surface area (Å²) in [5, 5.41) is 0. The minimum atomic E-state index is -2.54. The van der Waals surface area contributed by atoms with E-state index in [1.807, 2.05) is 27.7 Å². The van der Waals surface area contributed by atoms with Crippen molar-refractivity contribution < 1.29 is 23.0 Å². The van der Waals surface area contributed by atoms with Gasteiger partial charge in [-0.05, 0) is 52.4 Å². The first-order valence-electron chi connectivity index (χ1n) is 9.04. The summed E-state index contributed by atoms with van der Waals surface area (Å²) in [6, 6.07) is 0. The van der Waals surface area contributed by atoms with Crippen molar-refractivity contribution >= 4 is 6.09 Å². The number of carbonyl (C=O) groups excluding carboxylic acids is 1. The van der Waals surface area contributed by atoms with Crippen molar-refractivity contribution in [2.24, 2.45) is 5.92 Å². The Morgan fingerprint density at radius 1 is 1.29 bits per heavy atom. The molecule has 140 valence electrons. The second kappa shape index (κ2) is 7.14. The van der Waals surface area contributed by atoms with Crippen LogP contribution in [0.3, 0.4) is 0 Å². The predicted octanol–water partition coefficient (Wildman–Crippen LogP) is 4.62. The molecule has 1 saturated carbocycles. The van der Waals surface area contributed by atoms with Crippen LogP contribution in [0.25, 0.3) is 0 Å². The molecule has 0 aromatic carbocycles. The molecule has 2 aliphatic rings. The first-order chi connectivity index (χ1) is 11.0. The molecule has 2 unspecified atom stereocenters. The number of carbonyl (C=O) groups is 1. The predicted molar refractivity (Wildman–Crippen MR) is 88.3 cm³/mol. The lowest BCUT2D eigenvalue weighted by Gasteiger charge is -2.42. The molecule has 1 heterocycles. The fourth-order valence-electron chi connectivity index (χ4n) is 3.57. The number of piperidine rings is 1. The number of nitrogens with zero attached hydrogens (tertiary/aromatic N) is 1. The Morgan fingerprint density at radius 3 is 2.54 bits per heavy atom. The third kappa shape index (κ3) is 5.30. The zero-order chi connectivity index (χ0) is 18.0. The van der Waals surface area contributed by atoms with E-state index >= 15 is 0 Å². The third-order valence-electron chi connectivity index (χ3n) is 4.97. The van der Waals surface area contributed by atoms with Gasteiger partial charge in [0.1, 0.15) is 5.60 Å². The quantitative estimate of drug-likeness (QED) is 0.745. The van der Waals surface area contributed by atoms with Gasteiger partial charge in [-0.1, -0.05) is 6.92 Å². The van der Waals surface area contributed by atoms with Crippen molar-refractivity contribution in [1.82, 2.24) is 4.90 Å². The van der Waals surface area contributed by atoms with E-state index in [9.17, 15) is 13.6 Å². The Hall–Kier alpha value is -0.910. The molecule has 0 bridgehead atoms. The molecule has 1 saturated heterocycles. The summed E-state index contributed by atoms with van der Waals surface area (Å²) in [5.41, 5.74) is -0.966. The number of alkyl halides is 2. The van der Waals surface area contributed by atoms with E-state index in [0.717, 1.165) is 19.3 Å². The number of likely N-dealkylation sites (tertiary alicyclic amines) is 1. The molecule has 1 aliphatic carbocycles. The van der Waals surface area contributed by atoms with Crippen molar-refractivity contribution in [2.45, 2.75) is 83.3 Å². The van der Waals surface area contributed by atoms with Gasteiger partial charge in [-0.3, -0.25) is 0 Å². The Kier molecular flexibility index (Phi) is 5.78. The van der Waals surface area contributed by atoms with Gasteiger partial charge in [-0.15, -0.1) is 0 Å². The molecule has 0 N–H and O–H groups in total. The van der Waals surface area contributed by atoms with Crippen LogP contribution in [-0.2, 0) is 9.47 Å². The topological polar surface area (TPSA) is 38.8 Å². The Labute approximate surface area is 143 Å². The SMILES string of the molecule is CCC1(OCC2CCC(F)(F)C2)CCCN(C(=O)OC(C)(C)C)C1. The van der Waals surface area contributed by atoms with Gasteiger partial charge in [0.15, 0.2) is 0 Å². The summed E-state index contributed by atoms with van der Waals surface area (Å²) < 4.78 is 38.3. The first-order valence-corrected chi connectivity index (χ1v) is 9.04. The van der Waals surface area contributed by atoms with Crippen molar-refractivity contribution in [3.05, 3.63) is 0 Å². The molecule has 24 heavy (non-hydrogen) atoms. The highest BCUT2D eigenvalue weighted by molar-refractivity contribution is 5.68. The summed E-state index contributed by atoms with van der Waals surface area (Å²) in [4.78, 5) is 14.0. The van der Waals surface area contributed by atoms with Crippen LogP contribution in [0.1, 0.15) is 66.2 Å². The zero-order valence-electron chi connectivity index (χ0n) is 15.4. The molecule has 0 aromatic rings. The number of rotatable bonds is 4. The van der Waals surface area contributed by atoms with Gasteiger partial charge in [0.05, 0.1) is 18.8 Å². The van der Waals surface area contributed by atoms with Crippen molar-refractivity contribution in [3.8, 4) is 0 Å². The summed E-state index contributed by atoms with van der Waals surface area (Å²) in [5.74, 6) is -2.62. The van der Waals surface area contributed by atoms with E-state index in [2.05, 4.69) is 0 Å². The van der Waals surface area contributed by atoms with Crippen LogP contribution >= 0.6 is 0 Å². The van der Waals surface area contributed by atoms with Crippen LogP contribution in [0.15, 0.2) is 0 Å². The third-order valence-corrected chi connectivity index (χ3v) is 4.97. The van der Waals surface area contributed by atoms with Gasteiger partial charge in [0, 0.05) is 19.4 Å². The molecule has 2 atom stereocenters. The molecule has 2 rings (SSSR count). The largest absolute Gasteiger partial charge is 0.444 e. The number of ether oxygens (including phenoxy) is 2. The highest BCUT2D eigenvalue weighted by atomic mass is 19.3. The van der Waals surface area contributed by atoms with E-state index in [4.69, 9.17) is 9.47 Å². The first kappa shape index (κ1) is 19.4. The molecule has 1 amide bonds. The smallest absolute Gasteiger partial charge is 0.410 e. The van der Waals surface area contributed by atoms with Gasteiger partial charge in [-0.2, -0.15) is 0 Å². The lowest BCUT2D eigenvalue weighted by molar-refractivity contribution is -0.105. The molecule has 2 fully saturated rings. The van der Waals surface area contributed by atoms with Crippen LogP contribution in [0, 0.1) is 5.92 Å². The second-order valence-corrected chi connectivity index (χ2v) is 8.32. The van der Waals surface area contributed by atoms with Crippen LogP contribution in [0.2, 0.25) is 0 Å². The molecule has 0 radical (unpaired) electrons. The number of amides is 1. The van der Waals surface area contributed by atoms with Crippen molar-refractivity contribution in [2.75, 3.05) is 19.7 Å². The van der Waals surface area contributed by atoms with E-state index in [1.54, 1.807) is 4.90 Å². The number of hydrogen-bond acceptors (Lipinski definition) is 3. The van der Waals surface area contributed by atoms with Crippen LogP contribution in [-0.4, -0.2) is 47.8 Å². The number of hydrogen-bond donors (Lipinski definition) is 0. The van der Waals surface area contributed by atoms with Gasteiger partial charge < -0.3 is 14.4 Å². The summed E-state index contributed by atoms with van der Waals surface area (Å²) in [6.45, 7) is 9.05. The highest BCUT2D eigenvalue weighted by Gasteiger charge is 2.42. The maximum Gasteiger partial charge on any atom is 0.410 e. The molecule has 0 aromatic heterocycles. The standard InChI is InChI=1S/C18H31F2NO3/c1-5-17(23-12-14-7-9-18(19,20)11-14)8-6-10-21(13-17)15(22)24-16(2,3)4/h14H,5-13H2,1-4H3. The Bertz CT molecular complexity index is 450. The van der Waals surface area contributed by atoms with E-state index in [0.29, 0.717) is 26.1 Å². The zero-order valence-corrected chi connectivity index (χ0v) is 15.4. The number of halogens is 2. The minimum Gasteiger partial charge on any atom is -0.444 e. The normalized spacial score (nSPS) is 30.4. The van der Waals surface area contributed by atoms with E-state index in [1.165, 1.54) is 0 Å². The average molecular weight is 347 g/mol. The van der Waals surface area contributed by atoms with Gasteiger partial charge in [-0.25, -0.2) is 13.6 Å². The fourth-order valence-corrected chi connectivity index (χ4v) is 3.57. The second-order valence-electron chi connectivity index (χ2n) is 8.32. The summed E-state index contributed by atoms with van der Waals surface area (Å²) in [7, 11) is 0. The van der Waals surface area contributed by atoms with Crippen LogP contribution in [0.4, 0.5) is 13.6 Å². The molecule has 4 nitrogen and oxygen atoms in total. The molecular weight excluding hydrogens is 316 g/mol.